The summed E-state index contributed by atoms with van der Waals surface area (Å²) in [6, 6.07) is 4.06. The van der Waals surface area contributed by atoms with Crippen LogP contribution in [0.1, 0.15) is 24.0 Å². The number of carbonyl (C=O) groups is 2. The zero-order valence-corrected chi connectivity index (χ0v) is 12.0. The minimum Gasteiger partial charge on any atom is -0.493 e. The maximum Gasteiger partial charge on any atom is 0.230 e. The summed E-state index contributed by atoms with van der Waals surface area (Å²) < 4.78 is 6.66. The molecule has 0 atom stereocenters. The van der Waals surface area contributed by atoms with Crippen molar-refractivity contribution in [1.82, 2.24) is 4.90 Å². The van der Waals surface area contributed by atoms with Crippen LogP contribution >= 0.6 is 15.9 Å². The molecular formula is C14H14BrNO3. The van der Waals surface area contributed by atoms with Crippen LogP contribution < -0.4 is 4.74 Å². The van der Waals surface area contributed by atoms with Gasteiger partial charge in [-0.25, -0.2) is 0 Å². The minimum atomic E-state index is -0.0806. The topological polar surface area (TPSA) is 46.6 Å². The number of ketones is 1. The van der Waals surface area contributed by atoms with Gasteiger partial charge < -0.3 is 9.64 Å². The number of carbonyl (C=O) groups excluding carboxylic acids is 2. The van der Waals surface area contributed by atoms with Crippen molar-refractivity contribution >= 4 is 27.6 Å². The van der Waals surface area contributed by atoms with Crippen molar-refractivity contribution in [2.75, 3.05) is 13.2 Å². The number of nitrogens with zero attached hydrogens (tertiary/aromatic N) is 1. The number of fused-ring (bicyclic) bond motifs is 1. The molecule has 1 aromatic rings. The first-order chi connectivity index (χ1) is 9.13. The highest BCUT2D eigenvalue weighted by Crippen LogP contribution is 2.34. The van der Waals surface area contributed by atoms with Crippen LogP contribution in [0, 0.1) is 0 Å². The third-order valence-electron chi connectivity index (χ3n) is 3.55. The van der Waals surface area contributed by atoms with E-state index in [0.29, 0.717) is 26.1 Å². The first-order valence-electron chi connectivity index (χ1n) is 6.37. The van der Waals surface area contributed by atoms with Gasteiger partial charge in [0.25, 0.3) is 0 Å². The summed E-state index contributed by atoms with van der Waals surface area (Å²) in [6.07, 6.45) is 1.41. The first kappa shape index (κ1) is 12.7. The molecule has 0 N–H and O–H groups in total. The number of hydrogen-bond donors (Lipinski definition) is 0. The van der Waals surface area contributed by atoms with Crippen LogP contribution in [-0.2, 0) is 22.6 Å². The second kappa shape index (κ2) is 4.96. The average molecular weight is 324 g/mol. The number of benzene rings is 1. The van der Waals surface area contributed by atoms with Crippen molar-refractivity contribution in [2.24, 2.45) is 0 Å². The van der Waals surface area contributed by atoms with E-state index in [1.54, 1.807) is 4.90 Å². The Bertz CT molecular complexity index is 556. The van der Waals surface area contributed by atoms with E-state index in [1.807, 2.05) is 6.07 Å². The number of piperidine rings is 1. The quantitative estimate of drug-likeness (QED) is 0.783. The van der Waals surface area contributed by atoms with Gasteiger partial charge in [0.2, 0.25) is 5.91 Å². The molecule has 1 amide bonds. The van der Waals surface area contributed by atoms with Gasteiger partial charge in [0.15, 0.2) is 0 Å². The third-order valence-corrected chi connectivity index (χ3v) is 4.01. The second-order valence-electron chi connectivity index (χ2n) is 4.93. The molecule has 19 heavy (non-hydrogen) atoms. The van der Waals surface area contributed by atoms with Crippen LogP contribution in [-0.4, -0.2) is 29.7 Å². The molecule has 2 aliphatic rings. The number of ether oxygens (including phenoxy) is 1. The molecule has 3 rings (SSSR count). The van der Waals surface area contributed by atoms with Crippen LogP contribution in [0.3, 0.4) is 0 Å². The molecule has 4 nitrogen and oxygen atoms in total. The number of rotatable bonds is 2. The molecule has 5 heteroatoms. The molecule has 2 aliphatic heterocycles. The maximum atomic E-state index is 11.8. The maximum absolute atomic E-state index is 11.8. The van der Waals surface area contributed by atoms with Gasteiger partial charge in [-0.15, -0.1) is 0 Å². The first-order valence-corrected chi connectivity index (χ1v) is 7.16. The molecule has 1 fully saturated rings. The Kier molecular flexibility index (Phi) is 3.31. The Hall–Kier alpha value is -1.36. The Labute approximate surface area is 119 Å². The minimum absolute atomic E-state index is 0.0387. The van der Waals surface area contributed by atoms with Crippen molar-refractivity contribution in [2.45, 2.75) is 25.8 Å². The normalized spacial score (nSPS) is 18.5. The molecule has 0 radical (unpaired) electrons. The highest BCUT2D eigenvalue weighted by molar-refractivity contribution is 9.10. The standard InChI is InChI=1S/C14H14BrNO3/c15-11-5-9-2-4-19-14(9)10(6-11)8-16-3-1-12(17)7-13(16)18/h5-6H,1-4,7-8H2. The van der Waals surface area contributed by atoms with E-state index in [-0.39, 0.29) is 18.1 Å². The average Bonchev–Trinajstić information content (AvgIpc) is 2.80. The molecule has 100 valence electrons. The van der Waals surface area contributed by atoms with Crippen molar-refractivity contribution in [3.05, 3.63) is 27.7 Å². The summed E-state index contributed by atoms with van der Waals surface area (Å²) >= 11 is 3.49. The van der Waals surface area contributed by atoms with Crippen LogP contribution in [0.15, 0.2) is 16.6 Å². The van der Waals surface area contributed by atoms with Gasteiger partial charge in [-0.2, -0.15) is 0 Å². The highest BCUT2D eigenvalue weighted by Gasteiger charge is 2.26. The third kappa shape index (κ3) is 2.52. The Morgan fingerprint density at radius 2 is 2.11 bits per heavy atom. The molecule has 2 heterocycles. The van der Waals surface area contributed by atoms with Gasteiger partial charge in [0.05, 0.1) is 13.0 Å². The van der Waals surface area contributed by atoms with E-state index in [4.69, 9.17) is 4.74 Å². The van der Waals surface area contributed by atoms with E-state index in [0.717, 1.165) is 22.2 Å². The van der Waals surface area contributed by atoms with Gasteiger partial charge in [0.1, 0.15) is 11.5 Å². The van der Waals surface area contributed by atoms with Crippen LogP contribution in [0.5, 0.6) is 5.75 Å². The largest absolute Gasteiger partial charge is 0.493 e. The summed E-state index contributed by atoms with van der Waals surface area (Å²) in [5, 5.41) is 0. The number of halogens is 1. The lowest BCUT2D eigenvalue weighted by Gasteiger charge is -2.26. The number of Topliss-reactive ketones (excluding diaryl/α,β-unsaturated/α-hetero) is 1. The fourth-order valence-electron chi connectivity index (χ4n) is 2.59. The summed E-state index contributed by atoms with van der Waals surface area (Å²) in [4.78, 5) is 24.8. The predicted molar refractivity (Wildman–Crippen MR) is 73.0 cm³/mol. The van der Waals surface area contributed by atoms with Gasteiger partial charge in [-0.05, 0) is 17.7 Å². The van der Waals surface area contributed by atoms with E-state index in [2.05, 4.69) is 22.0 Å². The lowest BCUT2D eigenvalue weighted by Crippen LogP contribution is -2.38. The lowest BCUT2D eigenvalue weighted by atomic mass is 10.0. The fourth-order valence-corrected chi connectivity index (χ4v) is 3.14. The zero-order chi connectivity index (χ0) is 13.4. The van der Waals surface area contributed by atoms with E-state index in [1.165, 1.54) is 5.56 Å². The van der Waals surface area contributed by atoms with Crippen molar-refractivity contribution in [3.8, 4) is 5.75 Å². The zero-order valence-electron chi connectivity index (χ0n) is 10.4. The molecule has 0 aliphatic carbocycles. The van der Waals surface area contributed by atoms with Crippen LogP contribution in [0.2, 0.25) is 0 Å². The summed E-state index contributed by atoms with van der Waals surface area (Å²) in [5.41, 5.74) is 2.20. The lowest BCUT2D eigenvalue weighted by molar-refractivity contribution is -0.139. The van der Waals surface area contributed by atoms with Crippen LogP contribution in [0.4, 0.5) is 0 Å². The molecule has 1 saturated heterocycles. The Morgan fingerprint density at radius 3 is 2.89 bits per heavy atom. The van der Waals surface area contributed by atoms with E-state index in [9.17, 15) is 9.59 Å². The molecule has 0 saturated carbocycles. The van der Waals surface area contributed by atoms with E-state index < -0.39 is 0 Å². The number of hydrogen-bond acceptors (Lipinski definition) is 3. The van der Waals surface area contributed by atoms with Crippen molar-refractivity contribution in [1.29, 1.82) is 0 Å². The Balaban J connectivity index is 1.84. The predicted octanol–water partition coefficient (Wildman–Crippen LogP) is 2.08. The summed E-state index contributed by atoms with van der Waals surface area (Å²) in [5.74, 6) is 0.868. The van der Waals surface area contributed by atoms with Gasteiger partial charge in [-0.1, -0.05) is 15.9 Å². The SMILES string of the molecule is O=C1CCN(Cc2cc(Br)cc3c2OCC3)C(=O)C1. The molecule has 1 aromatic carbocycles. The highest BCUT2D eigenvalue weighted by atomic mass is 79.9. The van der Waals surface area contributed by atoms with Gasteiger partial charge >= 0.3 is 0 Å². The second-order valence-corrected chi connectivity index (χ2v) is 5.85. The van der Waals surface area contributed by atoms with Crippen molar-refractivity contribution in [3.63, 3.8) is 0 Å². The Morgan fingerprint density at radius 1 is 1.26 bits per heavy atom. The molecule has 0 bridgehead atoms. The monoisotopic (exact) mass is 323 g/mol. The molecular weight excluding hydrogens is 310 g/mol. The number of amides is 1. The van der Waals surface area contributed by atoms with Crippen molar-refractivity contribution < 1.29 is 14.3 Å². The summed E-state index contributed by atoms with van der Waals surface area (Å²) in [6.45, 7) is 1.73. The van der Waals surface area contributed by atoms with E-state index >= 15 is 0 Å². The smallest absolute Gasteiger partial charge is 0.230 e. The van der Waals surface area contributed by atoms with Gasteiger partial charge in [0, 0.05) is 36.0 Å². The van der Waals surface area contributed by atoms with Gasteiger partial charge in [-0.3, -0.25) is 9.59 Å². The molecule has 0 unspecified atom stereocenters. The molecule has 0 aromatic heterocycles. The fraction of sp³-hybridized carbons (Fsp3) is 0.429. The van der Waals surface area contributed by atoms with Crippen LogP contribution in [0.25, 0.3) is 0 Å². The number of likely N-dealkylation sites (tertiary alicyclic amines) is 1. The molecule has 0 spiro atoms. The summed E-state index contributed by atoms with van der Waals surface area (Å²) in [7, 11) is 0.